The first-order chi connectivity index (χ1) is 11.7. The van der Waals surface area contributed by atoms with Crippen molar-refractivity contribution in [2.45, 2.75) is 45.6 Å². The van der Waals surface area contributed by atoms with Crippen molar-refractivity contribution in [1.29, 1.82) is 0 Å². The Labute approximate surface area is 169 Å². The lowest BCUT2D eigenvalue weighted by atomic mass is 9.97. The molecule has 0 radical (unpaired) electrons. The standard InChI is InChI=1S/C19H30N2O3.2ClH/c1-4-5-6-7-17(21-12-10-20-11-13-21)16-8-9-18(24-15(2)22)19(14-16)23-3;;/h8-9,14,17,20H,4-7,10-13H2,1-3H3;2*1H/t17-;;/m0../s1. The lowest BCUT2D eigenvalue weighted by Gasteiger charge is -2.35. The Bertz CT molecular complexity index is 538. The Morgan fingerprint density at radius 2 is 1.88 bits per heavy atom. The SMILES string of the molecule is CCCCC[C@@H](c1ccc(OC(C)=O)c(OC)c1)N1CCNCC1.Cl.Cl. The smallest absolute Gasteiger partial charge is 0.308 e. The number of methoxy groups -OCH3 is 1. The molecule has 2 rings (SSSR count). The van der Waals surface area contributed by atoms with E-state index in [1.54, 1.807) is 7.11 Å². The molecule has 1 heterocycles. The summed E-state index contributed by atoms with van der Waals surface area (Å²) in [5, 5.41) is 3.42. The molecule has 7 heteroatoms. The van der Waals surface area contributed by atoms with Crippen LogP contribution in [0.25, 0.3) is 0 Å². The van der Waals surface area contributed by atoms with Gasteiger partial charge in [0.25, 0.3) is 0 Å². The van der Waals surface area contributed by atoms with Gasteiger partial charge < -0.3 is 14.8 Å². The number of hydrogen-bond donors (Lipinski definition) is 1. The molecule has 150 valence electrons. The topological polar surface area (TPSA) is 50.8 Å². The van der Waals surface area contributed by atoms with Gasteiger partial charge in [-0.05, 0) is 24.1 Å². The molecule has 26 heavy (non-hydrogen) atoms. The number of ether oxygens (including phenoxy) is 2. The maximum atomic E-state index is 11.2. The van der Waals surface area contributed by atoms with Crippen molar-refractivity contribution in [3.63, 3.8) is 0 Å². The summed E-state index contributed by atoms with van der Waals surface area (Å²) in [7, 11) is 1.61. The van der Waals surface area contributed by atoms with E-state index in [0.29, 0.717) is 17.5 Å². The normalized spacial score (nSPS) is 15.3. The summed E-state index contributed by atoms with van der Waals surface area (Å²) in [6.07, 6.45) is 4.84. The van der Waals surface area contributed by atoms with Crippen LogP contribution in [0.5, 0.6) is 11.5 Å². The summed E-state index contributed by atoms with van der Waals surface area (Å²) in [5.41, 5.74) is 1.24. The second-order valence-corrected chi connectivity index (χ2v) is 6.30. The van der Waals surface area contributed by atoms with E-state index in [2.05, 4.69) is 23.2 Å². The average Bonchev–Trinajstić information content (AvgIpc) is 2.60. The number of nitrogens with one attached hydrogen (secondary N) is 1. The quantitative estimate of drug-likeness (QED) is 0.401. The van der Waals surface area contributed by atoms with Crippen LogP contribution in [0.1, 0.15) is 51.1 Å². The van der Waals surface area contributed by atoms with Crippen molar-refractivity contribution in [3.05, 3.63) is 23.8 Å². The van der Waals surface area contributed by atoms with Crippen molar-refractivity contribution in [2.75, 3.05) is 33.3 Å². The molecule has 1 N–H and O–H groups in total. The van der Waals surface area contributed by atoms with E-state index < -0.39 is 0 Å². The lowest BCUT2D eigenvalue weighted by Crippen LogP contribution is -2.45. The minimum Gasteiger partial charge on any atom is -0.493 e. The third-order valence-electron chi connectivity index (χ3n) is 4.50. The average molecular weight is 407 g/mol. The van der Waals surface area contributed by atoms with E-state index in [0.717, 1.165) is 32.6 Å². The van der Waals surface area contributed by atoms with Crippen LogP contribution in [0.3, 0.4) is 0 Å². The van der Waals surface area contributed by atoms with Gasteiger partial charge in [-0.15, -0.1) is 24.8 Å². The predicted octanol–water partition coefficient (Wildman–Crippen LogP) is 3.99. The number of carbonyl (C=O) groups excluding carboxylic acids is 1. The highest BCUT2D eigenvalue weighted by Gasteiger charge is 2.23. The second-order valence-electron chi connectivity index (χ2n) is 6.30. The van der Waals surface area contributed by atoms with E-state index in [-0.39, 0.29) is 30.8 Å². The van der Waals surface area contributed by atoms with Crippen LogP contribution in [0, 0.1) is 0 Å². The van der Waals surface area contributed by atoms with E-state index in [9.17, 15) is 4.79 Å². The number of nitrogens with zero attached hydrogens (tertiary/aromatic N) is 1. The number of benzene rings is 1. The maximum Gasteiger partial charge on any atom is 0.308 e. The molecule has 0 spiro atoms. The molecule has 1 atom stereocenters. The first kappa shape index (κ1) is 25.0. The highest BCUT2D eigenvalue weighted by atomic mass is 35.5. The van der Waals surface area contributed by atoms with Crippen LogP contribution in [0.2, 0.25) is 0 Å². The van der Waals surface area contributed by atoms with Gasteiger partial charge in [0.1, 0.15) is 0 Å². The van der Waals surface area contributed by atoms with Crippen LogP contribution in [-0.4, -0.2) is 44.2 Å². The first-order valence-corrected chi connectivity index (χ1v) is 8.96. The van der Waals surface area contributed by atoms with Crippen molar-refractivity contribution in [2.24, 2.45) is 0 Å². The summed E-state index contributed by atoms with van der Waals surface area (Å²) < 4.78 is 10.7. The molecule has 0 aromatic heterocycles. The Morgan fingerprint density at radius 1 is 1.19 bits per heavy atom. The van der Waals surface area contributed by atoms with Gasteiger partial charge in [0.05, 0.1) is 7.11 Å². The molecule has 1 fully saturated rings. The Kier molecular flexibility index (Phi) is 12.7. The van der Waals surface area contributed by atoms with Gasteiger partial charge in [-0.3, -0.25) is 9.69 Å². The van der Waals surface area contributed by atoms with E-state index in [1.807, 2.05) is 12.1 Å². The minimum absolute atomic E-state index is 0. The molecule has 0 unspecified atom stereocenters. The molecule has 5 nitrogen and oxygen atoms in total. The lowest BCUT2D eigenvalue weighted by molar-refractivity contribution is -0.132. The van der Waals surface area contributed by atoms with Crippen LogP contribution < -0.4 is 14.8 Å². The molecule has 1 saturated heterocycles. The van der Waals surface area contributed by atoms with Crippen molar-refractivity contribution in [3.8, 4) is 11.5 Å². The summed E-state index contributed by atoms with van der Waals surface area (Å²) >= 11 is 0. The molecule has 0 aliphatic carbocycles. The third-order valence-corrected chi connectivity index (χ3v) is 4.50. The van der Waals surface area contributed by atoms with Crippen LogP contribution in [0.4, 0.5) is 0 Å². The van der Waals surface area contributed by atoms with E-state index in [4.69, 9.17) is 9.47 Å². The van der Waals surface area contributed by atoms with Crippen LogP contribution >= 0.6 is 24.8 Å². The molecule has 1 aromatic carbocycles. The second kappa shape index (κ2) is 13.2. The molecule has 1 aliphatic heterocycles. The molecule has 1 aliphatic rings. The summed E-state index contributed by atoms with van der Waals surface area (Å²) in [6, 6.07) is 6.33. The fourth-order valence-corrected chi connectivity index (χ4v) is 3.27. The van der Waals surface area contributed by atoms with Gasteiger partial charge in [0, 0.05) is 39.1 Å². The fourth-order valence-electron chi connectivity index (χ4n) is 3.27. The first-order valence-electron chi connectivity index (χ1n) is 8.96. The molecular weight excluding hydrogens is 375 g/mol. The molecule has 0 bridgehead atoms. The fraction of sp³-hybridized carbons (Fsp3) is 0.632. The van der Waals surface area contributed by atoms with Gasteiger partial charge >= 0.3 is 5.97 Å². The Hall–Kier alpha value is -1.01. The highest BCUT2D eigenvalue weighted by Crippen LogP contribution is 2.34. The predicted molar refractivity (Wildman–Crippen MR) is 110 cm³/mol. The minimum atomic E-state index is -0.331. The summed E-state index contributed by atoms with van der Waals surface area (Å²) in [5.74, 6) is 0.780. The van der Waals surface area contributed by atoms with Gasteiger partial charge in [0.15, 0.2) is 11.5 Å². The van der Waals surface area contributed by atoms with Gasteiger partial charge in [-0.2, -0.15) is 0 Å². The molecular formula is C19H32Cl2N2O3. The van der Waals surface area contributed by atoms with Gasteiger partial charge in [0.2, 0.25) is 0 Å². The van der Waals surface area contributed by atoms with E-state index >= 15 is 0 Å². The van der Waals surface area contributed by atoms with Gasteiger partial charge in [-0.1, -0.05) is 32.3 Å². The Morgan fingerprint density at radius 3 is 2.46 bits per heavy atom. The summed E-state index contributed by atoms with van der Waals surface area (Å²) in [4.78, 5) is 13.8. The van der Waals surface area contributed by atoms with Gasteiger partial charge in [-0.25, -0.2) is 0 Å². The Balaban J connectivity index is 0.00000312. The summed E-state index contributed by atoms with van der Waals surface area (Å²) in [6.45, 7) is 7.83. The zero-order valence-electron chi connectivity index (χ0n) is 16.0. The monoisotopic (exact) mass is 406 g/mol. The van der Waals surface area contributed by atoms with Crippen molar-refractivity contribution < 1.29 is 14.3 Å². The molecule has 0 saturated carbocycles. The van der Waals surface area contributed by atoms with Crippen molar-refractivity contribution in [1.82, 2.24) is 10.2 Å². The number of halogens is 2. The van der Waals surface area contributed by atoms with Crippen LogP contribution in [0.15, 0.2) is 18.2 Å². The number of hydrogen-bond acceptors (Lipinski definition) is 5. The number of unbranched alkanes of at least 4 members (excludes halogenated alkanes) is 2. The number of carbonyl (C=O) groups is 1. The maximum absolute atomic E-state index is 11.2. The van der Waals surface area contributed by atoms with Crippen LogP contribution in [-0.2, 0) is 4.79 Å². The van der Waals surface area contributed by atoms with E-state index in [1.165, 1.54) is 31.7 Å². The molecule has 1 aromatic rings. The molecule has 0 amide bonds. The zero-order valence-corrected chi connectivity index (χ0v) is 17.6. The number of esters is 1. The number of rotatable bonds is 8. The largest absolute Gasteiger partial charge is 0.493 e. The number of piperazine rings is 1. The third kappa shape index (κ3) is 7.31. The highest BCUT2D eigenvalue weighted by molar-refractivity contribution is 5.85. The van der Waals surface area contributed by atoms with Crippen molar-refractivity contribution >= 4 is 30.8 Å². The zero-order chi connectivity index (χ0) is 17.4.